The van der Waals surface area contributed by atoms with Gasteiger partial charge in [-0.1, -0.05) is 17.8 Å². The molecule has 1 fully saturated rings. The first-order chi connectivity index (χ1) is 14.1. The molecule has 0 spiro atoms. The van der Waals surface area contributed by atoms with Crippen molar-refractivity contribution in [2.45, 2.75) is 45.4 Å². The number of thioether (sulfide) groups is 1. The predicted octanol–water partition coefficient (Wildman–Crippen LogP) is 3.06. The Balaban J connectivity index is 1.53. The topological polar surface area (TPSA) is 80.6 Å². The third-order valence-electron chi connectivity index (χ3n) is 4.89. The highest BCUT2D eigenvalue weighted by atomic mass is 32.2. The largest absolute Gasteiger partial charge is 0.444 e. The van der Waals surface area contributed by atoms with E-state index in [-0.39, 0.29) is 17.8 Å². The van der Waals surface area contributed by atoms with E-state index in [4.69, 9.17) is 4.74 Å². The number of hydrogen-bond donors (Lipinski definition) is 0. The van der Waals surface area contributed by atoms with Gasteiger partial charge in [-0.3, -0.25) is 9.36 Å². The van der Waals surface area contributed by atoms with Gasteiger partial charge in [-0.05, 0) is 57.9 Å². The number of ether oxygens (including phenoxy) is 1. The maximum atomic E-state index is 12.7. The first-order valence-electron chi connectivity index (χ1n) is 10.0. The Morgan fingerprint density at radius 1 is 1.07 bits per heavy atom. The lowest BCUT2D eigenvalue weighted by atomic mass is 10.1. The van der Waals surface area contributed by atoms with Gasteiger partial charge in [-0.25, -0.2) is 4.79 Å². The number of rotatable bonds is 4. The summed E-state index contributed by atoms with van der Waals surface area (Å²) in [6.45, 7) is 11.6. The van der Waals surface area contributed by atoms with E-state index in [2.05, 4.69) is 36.2 Å². The molecule has 1 aromatic heterocycles. The van der Waals surface area contributed by atoms with Crippen LogP contribution in [0.1, 0.15) is 31.9 Å². The Morgan fingerprint density at radius 3 is 2.37 bits per heavy atom. The van der Waals surface area contributed by atoms with Gasteiger partial charge in [0.2, 0.25) is 5.91 Å². The van der Waals surface area contributed by atoms with Gasteiger partial charge < -0.3 is 14.5 Å². The van der Waals surface area contributed by atoms with Crippen molar-refractivity contribution >= 4 is 23.8 Å². The third-order valence-corrected chi connectivity index (χ3v) is 5.82. The lowest BCUT2D eigenvalue weighted by molar-refractivity contribution is -0.130. The van der Waals surface area contributed by atoms with Crippen LogP contribution in [-0.4, -0.2) is 74.1 Å². The lowest BCUT2D eigenvalue weighted by Gasteiger charge is -2.35. The molecular formula is C21H29N5O3S. The van der Waals surface area contributed by atoms with Crippen LogP contribution in [0.4, 0.5) is 4.79 Å². The molecule has 0 bridgehead atoms. The summed E-state index contributed by atoms with van der Waals surface area (Å²) in [5.74, 6) is 0.300. The van der Waals surface area contributed by atoms with Crippen molar-refractivity contribution in [3.05, 3.63) is 35.7 Å². The quantitative estimate of drug-likeness (QED) is 0.692. The fourth-order valence-electron chi connectivity index (χ4n) is 3.06. The van der Waals surface area contributed by atoms with Crippen molar-refractivity contribution in [1.29, 1.82) is 0 Å². The van der Waals surface area contributed by atoms with Crippen molar-refractivity contribution in [3.8, 4) is 5.69 Å². The van der Waals surface area contributed by atoms with Crippen LogP contribution in [0.5, 0.6) is 0 Å². The number of carbonyl (C=O) groups is 2. The van der Waals surface area contributed by atoms with Gasteiger partial charge >= 0.3 is 6.09 Å². The summed E-state index contributed by atoms with van der Waals surface area (Å²) in [5.41, 5.74) is 2.87. The highest BCUT2D eigenvalue weighted by molar-refractivity contribution is 7.99. The van der Waals surface area contributed by atoms with Crippen LogP contribution in [0.25, 0.3) is 5.69 Å². The summed E-state index contributed by atoms with van der Waals surface area (Å²) in [6, 6.07) is 6.17. The molecular weight excluding hydrogens is 402 g/mol. The average Bonchev–Trinajstić information content (AvgIpc) is 3.15. The molecule has 0 saturated carbocycles. The molecule has 0 radical (unpaired) electrons. The number of carbonyl (C=O) groups excluding carboxylic acids is 2. The number of benzene rings is 1. The number of piperazine rings is 1. The first-order valence-corrected chi connectivity index (χ1v) is 11.0. The molecule has 3 rings (SSSR count). The summed E-state index contributed by atoms with van der Waals surface area (Å²) in [7, 11) is 0. The summed E-state index contributed by atoms with van der Waals surface area (Å²) in [4.78, 5) is 28.3. The standard InChI is InChI=1S/C21H29N5O3S/c1-15-6-7-17(12-16(15)2)26-14-22-23-19(26)30-13-18(27)24-8-10-25(11-9-24)20(28)29-21(3,4)5/h6-7,12,14H,8-11,13H2,1-5H3. The van der Waals surface area contributed by atoms with Crippen molar-refractivity contribution in [3.63, 3.8) is 0 Å². The van der Waals surface area contributed by atoms with Crippen LogP contribution in [0, 0.1) is 13.8 Å². The molecule has 1 saturated heterocycles. The summed E-state index contributed by atoms with van der Waals surface area (Å²) >= 11 is 1.37. The monoisotopic (exact) mass is 431 g/mol. The molecule has 2 amide bonds. The summed E-state index contributed by atoms with van der Waals surface area (Å²) in [5, 5.41) is 8.86. The Kier molecular flexibility index (Phi) is 6.70. The minimum Gasteiger partial charge on any atom is -0.444 e. The van der Waals surface area contributed by atoms with Crippen molar-refractivity contribution in [2.24, 2.45) is 0 Å². The van der Waals surface area contributed by atoms with Gasteiger partial charge in [0.1, 0.15) is 11.9 Å². The molecule has 0 aliphatic carbocycles. The zero-order valence-corrected chi connectivity index (χ0v) is 19.0. The van der Waals surface area contributed by atoms with Gasteiger partial charge in [0.15, 0.2) is 5.16 Å². The van der Waals surface area contributed by atoms with E-state index >= 15 is 0 Å². The Bertz CT molecular complexity index is 914. The van der Waals surface area contributed by atoms with Gasteiger partial charge in [-0.15, -0.1) is 10.2 Å². The number of aromatic nitrogens is 3. The van der Waals surface area contributed by atoms with Crippen LogP contribution in [-0.2, 0) is 9.53 Å². The summed E-state index contributed by atoms with van der Waals surface area (Å²) < 4.78 is 7.30. The molecule has 162 valence electrons. The highest BCUT2D eigenvalue weighted by Gasteiger charge is 2.27. The smallest absolute Gasteiger partial charge is 0.410 e. The van der Waals surface area contributed by atoms with Crippen LogP contribution in [0.3, 0.4) is 0 Å². The molecule has 1 aliphatic heterocycles. The Hall–Kier alpha value is -2.55. The maximum absolute atomic E-state index is 12.7. The van der Waals surface area contributed by atoms with E-state index < -0.39 is 5.60 Å². The van der Waals surface area contributed by atoms with Crippen molar-refractivity contribution in [1.82, 2.24) is 24.6 Å². The zero-order chi connectivity index (χ0) is 21.9. The SMILES string of the molecule is Cc1ccc(-n2cnnc2SCC(=O)N2CCN(C(=O)OC(C)(C)C)CC2)cc1C. The Labute approximate surface area is 181 Å². The molecule has 1 aliphatic rings. The molecule has 2 aromatic rings. The van der Waals surface area contributed by atoms with Gasteiger partial charge in [0.25, 0.3) is 0 Å². The van der Waals surface area contributed by atoms with E-state index in [0.717, 1.165) is 5.69 Å². The molecule has 1 aromatic carbocycles. The minimum atomic E-state index is -0.521. The van der Waals surface area contributed by atoms with Gasteiger partial charge in [0.05, 0.1) is 5.75 Å². The third kappa shape index (κ3) is 5.53. The molecule has 2 heterocycles. The highest BCUT2D eigenvalue weighted by Crippen LogP contribution is 2.22. The number of amides is 2. The molecule has 0 unspecified atom stereocenters. The second kappa shape index (κ2) is 9.07. The van der Waals surface area contributed by atoms with E-state index in [1.165, 1.54) is 22.9 Å². The summed E-state index contributed by atoms with van der Waals surface area (Å²) in [6.07, 6.45) is 1.33. The minimum absolute atomic E-state index is 0.0264. The predicted molar refractivity (Wildman–Crippen MR) is 116 cm³/mol. The van der Waals surface area contributed by atoms with Crippen LogP contribution < -0.4 is 0 Å². The second-order valence-electron chi connectivity index (χ2n) is 8.39. The average molecular weight is 432 g/mol. The van der Waals surface area contributed by atoms with Crippen molar-refractivity contribution in [2.75, 3.05) is 31.9 Å². The van der Waals surface area contributed by atoms with Crippen LogP contribution in [0.15, 0.2) is 29.7 Å². The van der Waals surface area contributed by atoms with Crippen LogP contribution in [0.2, 0.25) is 0 Å². The van der Waals surface area contributed by atoms with Gasteiger partial charge in [-0.2, -0.15) is 0 Å². The van der Waals surface area contributed by atoms with E-state index in [1.807, 2.05) is 31.4 Å². The fourth-order valence-corrected chi connectivity index (χ4v) is 3.89. The van der Waals surface area contributed by atoms with E-state index in [1.54, 1.807) is 16.1 Å². The number of hydrogen-bond acceptors (Lipinski definition) is 6. The van der Waals surface area contributed by atoms with Crippen LogP contribution >= 0.6 is 11.8 Å². The molecule has 9 heteroatoms. The molecule has 30 heavy (non-hydrogen) atoms. The van der Waals surface area contributed by atoms with Gasteiger partial charge in [0, 0.05) is 31.9 Å². The lowest BCUT2D eigenvalue weighted by Crippen LogP contribution is -2.52. The number of nitrogens with zero attached hydrogens (tertiary/aromatic N) is 5. The Morgan fingerprint density at radius 2 is 1.73 bits per heavy atom. The van der Waals surface area contributed by atoms with E-state index in [0.29, 0.717) is 31.3 Å². The molecule has 8 nitrogen and oxygen atoms in total. The fraction of sp³-hybridized carbons (Fsp3) is 0.524. The zero-order valence-electron chi connectivity index (χ0n) is 18.2. The second-order valence-corrected chi connectivity index (χ2v) is 9.33. The number of aryl methyl sites for hydroxylation is 2. The van der Waals surface area contributed by atoms with E-state index in [9.17, 15) is 9.59 Å². The normalized spacial score (nSPS) is 14.7. The molecule has 0 atom stereocenters. The maximum Gasteiger partial charge on any atom is 0.410 e. The molecule has 0 N–H and O–H groups in total. The van der Waals surface area contributed by atoms with Crippen molar-refractivity contribution < 1.29 is 14.3 Å². The first kappa shape index (κ1) is 22.1.